The second kappa shape index (κ2) is 8.51. The summed E-state index contributed by atoms with van der Waals surface area (Å²) in [5, 5.41) is 12.2. The Morgan fingerprint density at radius 3 is 2.61 bits per heavy atom. The number of hydrogen-bond donors (Lipinski definition) is 1. The van der Waals surface area contributed by atoms with E-state index in [0.717, 1.165) is 28.4 Å². The molecule has 1 N–H and O–H groups in total. The largest absolute Gasteiger partial charge is 0.497 e. The van der Waals surface area contributed by atoms with Crippen molar-refractivity contribution < 1.29 is 9.53 Å². The van der Waals surface area contributed by atoms with Crippen molar-refractivity contribution in [2.75, 3.05) is 7.11 Å². The first-order valence-electron chi connectivity index (χ1n) is 10.1. The Morgan fingerprint density at radius 2 is 1.94 bits per heavy atom. The number of aromatic nitrogens is 3. The third kappa shape index (κ3) is 4.18. The highest BCUT2D eigenvalue weighted by molar-refractivity contribution is 6.30. The number of nitrogens with zero attached hydrogens (tertiary/aromatic N) is 4. The molecule has 1 amide bonds. The first-order valence-corrected chi connectivity index (χ1v) is 10.5. The zero-order valence-electron chi connectivity index (χ0n) is 17.9. The van der Waals surface area contributed by atoms with Crippen LogP contribution in [0.2, 0.25) is 5.02 Å². The lowest BCUT2D eigenvalue weighted by Gasteiger charge is -2.14. The summed E-state index contributed by atoms with van der Waals surface area (Å²) >= 11 is 6.12. The van der Waals surface area contributed by atoms with E-state index in [2.05, 4.69) is 15.5 Å². The lowest BCUT2D eigenvalue weighted by atomic mass is 10.00. The van der Waals surface area contributed by atoms with Gasteiger partial charge in [0, 0.05) is 22.2 Å². The number of ether oxygens (including phenoxy) is 1. The molecule has 1 aliphatic heterocycles. The molecule has 31 heavy (non-hydrogen) atoms. The molecule has 4 rings (SSSR count). The Bertz CT molecular complexity index is 1150. The van der Waals surface area contributed by atoms with Gasteiger partial charge in [-0.3, -0.25) is 14.4 Å². The zero-order chi connectivity index (χ0) is 22.1. The van der Waals surface area contributed by atoms with Crippen LogP contribution in [0.3, 0.4) is 0 Å². The molecule has 1 aliphatic rings. The van der Waals surface area contributed by atoms with Gasteiger partial charge < -0.3 is 10.1 Å². The number of fused-ring (bicyclic) bond motifs is 3. The highest BCUT2D eigenvalue weighted by Crippen LogP contribution is 2.34. The van der Waals surface area contributed by atoms with Gasteiger partial charge in [-0.05, 0) is 51.1 Å². The van der Waals surface area contributed by atoms with Crippen LogP contribution in [-0.2, 0) is 4.79 Å². The SMILES string of the molecule is COc1ccc2c(c1)C(c1ccc(Cl)cc1)=N[C@@H](CC(=O)NC(C)C)c1nnc(C)n1-2. The summed E-state index contributed by atoms with van der Waals surface area (Å²) < 4.78 is 7.45. The van der Waals surface area contributed by atoms with E-state index in [-0.39, 0.29) is 18.4 Å². The van der Waals surface area contributed by atoms with Crippen molar-refractivity contribution in [3.8, 4) is 11.4 Å². The quantitative estimate of drug-likeness (QED) is 0.653. The third-order valence-electron chi connectivity index (χ3n) is 5.08. The van der Waals surface area contributed by atoms with Crippen molar-refractivity contribution in [1.29, 1.82) is 0 Å². The number of halogens is 1. The Balaban J connectivity index is 1.93. The number of aliphatic imine (C=N–C) groups is 1. The van der Waals surface area contributed by atoms with Crippen molar-refractivity contribution in [3.05, 3.63) is 70.3 Å². The minimum absolute atomic E-state index is 0.0408. The molecule has 0 radical (unpaired) electrons. The maximum atomic E-state index is 12.6. The molecule has 160 valence electrons. The fourth-order valence-corrected chi connectivity index (χ4v) is 3.86. The van der Waals surface area contributed by atoms with Crippen LogP contribution in [0.15, 0.2) is 47.5 Å². The summed E-state index contributed by atoms with van der Waals surface area (Å²) in [6, 6.07) is 12.9. The maximum Gasteiger partial charge on any atom is 0.222 e. The van der Waals surface area contributed by atoms with Crippen LogP contribution in [-0.4, -0.2) is 39.5 Å². The number of aryl methyl sites for hydroxylation is 1. The van der Waals surface area contributed by atoms with Gasteiger partial charge in [-0.2, -0.15) is 0 Å². The predicted octanol–water partition coefficient (Wildman–Crippen LogP) is 4.04. The van der Waals surface area contributed by atoms with Crippen LogP contribution in [0.1, 0.15) is 49.1 Å². The Morgan fingerprint density at radius 1 is 1.19 bits per heavy atom. The lowest BCUT2D eigenvalue weighted by Crippen LogP contribution is -2.31. The number of amides is 1. The number of hydrogen-bond acceptors (Lipinski definition) is 5. The molecule has 2 aromatic carbocycles. The summed E-state index contributed by atoms with van der Waals surface area (Å²) in [5.74, 6) is 1.98. The van der Waals surface area contributed by atoms with Gasteiger partial charge in [0.1, 0.15) is 17.6 Å². The van der Waals surface area contributed by atoms with Crippen molar-refractivity contribution in [2.24, 2.45) is 4.99 Å². The first kappa shape index (κ1) is 21.1. The summed E-state index contributed by atoms with van der Waals surface area (Å²) in [5.41, 5.74) is 3.40. The fourth-order valence-electron chi connectivity index (χ4n) is 3.73. The number of methoxy groups -OCH3 is 1. The smallest absolute Gasteiger partial charge is 0.222 e. The van der Waals surface area contributed by atoms with Crippen molar-refractivity contribution in [2.45, 2.75) is 39.3 Å². The fraction of sp³-hybridized carbons (Fsp3) is 0.304. The van der Waals surface area contributed by atoms with E-state index in [1.165, 1.54) is 0 Å². The second-order valence-corrected chi connectivity index (χ2v) is 8.19. The monoisotopic (exact) mass is 437 g/mol. The van der Waals surface area contributed by atoms with Gasteiger partial charge in [0.25, 0.3) is 0 Å². The van der Waals surface area contributed by atoms with Crippen LogP contribution in [0.4, 0.5) is 0 Å². The number of nitrogens with one attached hydrogen (secondary N) is 1. The van der Waals surface area contributed by atoms with Crippen LogP contribution in [0.5, 0.6) is 5.75 Å². The molecule has 0 saturated heterocycles. The molecule has 1 aromatic heterocycles. The highest BCUT2D eigenvalue weighted by Gasteiger charge is 2.30. The third-order valence-corrected chi connectivity index (χ3v) is 5.33. The van der Waals surface area contributed by atoms with E-state index in [1.807, 2.05) is 67.8 Å². The molecule has 0 aliphatic carbocycles. The summed E-state index contributed by atoms with van der Waals surface area (Å²) in [6.07, 6.45) is 0.165. The number of carbonyl (C=O) groups excluding carboxylic acids is 1. The van der Waals surface area contributed by atoms with E-state index >= 15 is 0 Å². The minimum atomic E-state index is -0.496. The van der Waals surface area contributed by atoms with Gasteiger partial charge >= 0.3 is 0 Å². The molecule has 3 aromatic rings. The zero-order valence-corrected chi connectivity index (χ0v) is 18.6. The molecule has 7 nitrogen and oxygen atoms in total. The topological polar surface area (TPSA) is 81.4 Å². The number of benzene rings is 2. The van der Waals surface area contributed by atoms with Gasteiger partial charge in [-0.25, -0.2) is 0 Å². The molecule has 0 unspecified atom stereocenters. The van der Waals surface area contributed by atoms with Crippen LogP contribution in [0.25, 0.3) is 5.69 Å². The molecule has 1 atom stereocenters. The molecule has 2 heterocycles. The predicted molar refractivity (Wildman–Crippen MR) is 120 cm³/mol. The van der Waals surface area contributed by atoms with E-state index in [4.69, 9.17) is 21.3 Å². The molecule has 8 heteroatoms. The van der Waals surface area contributed by atoms with E-state index in [1.54, 1.807) is 7.11 Å². The summed E-state index contributed by atoms with van der Waals surface area (Å²) in [6.45, 7) is 5.76. The Kier molecular flexibility index (Phi) is 5.78. The normalized spacial score (nSPS) is 15.0. The van der Waals surface area contributed by atoms with Crippen LogP contribution in [0, 0.1) is 6.92 Å². The molecule has 0 spiro atoms. The summed E-state index contributed by atoms with van der Waals surface area (Å²) in [4.78, 5) is 17.7. The van der Waals surface area contributed by atoms with E-state index < -0.39 is 6.04 Å². The van der Waals surface area contributed by atoms with Gasteiger partial charge in [-0.1, -0.05) is 23.7 Å². The molecule has 0 saturated carbocycles. The highest BCUT2D eigenvalue weighted by atomic mass is 35.5. The van der Waals surface area contributed by atoms with E-state index in [9.17, 15) is 4.79 Å². The molecular formula is C23H24ClN5O2. The molecule has 0 fully saturated rings. The lowest BCUT2D eigenvalue weighted by molar-refractivity contribution is -0.121. The average molecular weight is 438 g/mol. The maximum absolute atomic E-state index is 12.6. The van der Waals surface area contributed by atoms with Crippen molar-refractivity contribution >= 4 is 23.2 Å². The van der Waals surface area contributed by atoms with Crippen LogP contribution >= 0.6 is 11.6 Å². The van der Waals surface area contributed by atoms with E-state index in [0.29, 0.717) is 16.6 Å². The summed E-state index contributed by atoms with van der Waals surface area (Å²) in [7, 11) is 1.63. The Hall–Kier alpha value is -3.19. The van der Waals surface area contributed by atoms with Gasteiger partial charge in [0.15, 0.2) is 5.82 Å². The molecular weight excluding hydrogens is 414 g/mol. The Labute approximate surface area is 186 Å². The van der Waals surface area contributed by atoms with Gasteiger partial charge in [0.05, 0.1) is 24.9 Å². The first-order chi connectivity index (χ1) is 14.9. The standard InChI is InChI=1S/C23H24ClN5O2/c1-13(2)25-21(30)12-19-23-28-27-14(3)29(23)20-10-9-17(31-4)11-18(20)22(26-19)15-5-7-16(24)8-6-15/h5-11,13,19H,12H2,1-4H3,(H,25,30)/t19-/m0/s1. The molecule has 0 bridgehead atoms. The van der Waals surface area contributed by atoms with Crippen molar-refractivity contribution in [3.63, 3.8) is 0 Å². The number of rotatable bonds is 5. The second-order valence-electron chi connectivity index (χ2n) is 7.75. The minimum Gasteiger partial charge on any atom is -0.497 e. The average Bonchev–Trinajstić information content (AvgIpc) is 3.05. The number of carbonyl (C=O) groups is 1. The van der Waals surface area contributed by atoms with Gasteiger partial charge in [-0.15, -0.1) is 10.2 Å². The van der Waals surface area contributed by atoms with Gasteiger partial charge in [0.2, 0.25) is 5.91 Å². The van der Waals surface area contributed by atoms with Crippen LogP contribution < -0.4 is 10.1 Å². The van der Waals surface area contributed by atoms with Crippen molar-refractivity contribution in [1.82, 2.24) is 20.1 Å².